The highest BCUT2D eigenvalue weighted by Crippen LogP contribution is 2.13. The summed E-state index contributed by atoms with van der Waals surface area (Å²) >= 11 is 0. The third-order valence-electron chi connectivity index (χ3n) is 3.44. The number of nitrogens with one attached hydrogen (secondary N) is 1. The average Bonchev–Trinajstić information content (AvgIpc) is 2.48. The van der Waals surface area contributed by atoms with Gasteiger partial charge in [-0.05, 0) is 25.0 Å². The average molecular weight is 311 g/mol. The Morgan fingerprint density at radius 1 is 1.19 bits per heavy atom. The lowest BCUT2D eigenvalue weighted by atomic mass is 10.1. The molecule has 114 valence electrons. The molecule has 1 heterocycles. The molecule has 0 saturated carbocycles. The van der Waals surface area contributed by atoms with Crippen molar-refractivity contribution in [1.82, 2.24) is 5.32 Å². The molecule has 0 aliphatic carbocycles. The molecule has 7 nitrogen and oxygen atoms in total. The highest BCUT2D eigenvalue weighted by Gasteiger charge is 2.24. The fourth-order valence-electron chi connectivity index (χ4n) is 2.15. The van der Waals surface area contributed by atoms with Crippen LogP contribution < -0.4 is 11.1 Å². The number of hydrogen-bond acceptors (Lipinski definition) is 5. The van der Waals surface area contributed by atoms with Crippen LogP contribution >= 0.6 is 0 Å². The Morgan fingerprint density at radius 2 is 1.71 bits per heavy atom. The molecule has 1 aromatic rings. The van der Waals surface area contributed by atoms with E-state index in [4.69, 9.17) is 10.9 Å². The standard InChI is InChI=1S/C13H17N3O4S/c14-12(16-18)9-1-3-10(4-2-9)13(17)15-11-5-7-21(19,20)8-6-11/h1-4,11,18H,5-8H2,(H2,14,16)(H,15,17). The van der Waals surface area contributed by atoms with E-state index in [0.29, 0.717) is 24.0 Å². The first-order valence-corrected chi connectivity index (χ1v) is 8.32. The van der Waals surface area contributed by atoms with Crippen molar-refractivity contribution in [2.45, 2.75) is 18.9 Å². The molecule has 0 aromatic heterocycles. The molecular weight excluding hydrogens is 294 g/mol. The van der Waals surface area contributed by atoms with E-state index in [1.807, 2.05) is 0 Å². The van der Waals surface area contributed by atoms with Gasteiger partial charge in [-0.3, -0.25) is 4.79 Å². The Balaban J connectivity index is 1.98. The maximum absolute atomic E-state index is 12.1. The largest absolute Gasteiger partial charge is 0.409 e. The van der Waals surface area contributed by atoms with E-state index in [1.54, 1.807) is 24.3 Å². The molecule has 0 unspecified atom stereocenters. The van der Waals surface area contributed by atoms with Crippen LogP contribution in [0.15, 0.2) is 29.4 Å². The van der Waals surface area contributed by atoms with E-state index in [0.717, 1.165) is 0 Å². The second-order valence-corrected chi connectivity index (χ2v) is 7.27. The molecule has 0 radical (unpaired) electrons. The minimum Gasteiger partial charge on any atom is -0.409 e. The Labute approximate surface area is 122 Å². The zero-order valence-corrected chi connectivity index (χ0v) is 12.1. The summed E-state index contributed by atoms with van der Waals surface area (Å²) in [6.45, 7) is 0. The van der Waals surface area contributed by atoms with Crippen molar-refractivity contribution in [1.29, 1.82) is 0 Å². The van der Waals surface area contributed by atoms with Crippen molar-refractivity contribution in [2.24, 2.45) is 10.9 Å². The van der Waals surface area contributed by atoms with Crippen LogP contribution in [0.3, 0.4) is 0 Å². The van der Waals surface area contributed by atoms with Crippen LogP contribution in [0.4, 0.5) is 0 Å². The highest BCUT2D eigenvalue weighted by atomic mass is 32.2. The molecule has 1 fully saturated rings. The fraction of sp³-hybridized carbons (Fsp3) is 0.385. The van der Waals surface area contributed by atoms with Crippen LogP contribution in [-0.4, -0.2) is 42.9 Å². The second-order valence-electron chi connectivity index (χ2n) is 4.96. The van der Waals surface area contributed by atoms with Crippen LogP contribution in [0, 0.1) is 0 Å². The van der Waals surface area contributed by atoms with Crippen LogP contribution in [0.25, 0.3) is 0 Å². The topological polar surface area (TPSA) is 122 Å². The van der Waals surface area contributed by atoms with Crippen molar-refractivity contribution in [3.63, 3.8) is 0 Å². The lowest BCUT2D eigenvalue weighted by Crippen LogP contribution is -2.40. The number of benzene rings is 1. The maximum atomic E-state index is 12.1. The van der Waals surface area contributed by atoms with E-state index >= 15 is 0 Å². The van der Waals surface area contributed by atoms with E-state index in [2.05, 4.69) is 10.5 Å². The van der Waals surface area contributed by atoms with Gasteiger partial charge < -0.3 is 16.3 Å². The van der Waals surface area contributed by atoms with Gasteiger partial charge in [0.1, 0.15) is 9.84 Å². The number of hydrogen-bond donors (Lipinski definition) is 3. The molecule has 0 atom stereocenters. The summed E-state index contributed by atoms with van der Waals surface area (Å²) in [4.78, 5) is 12.1. The first kappa shape index (κ1) is 15.3. The van der Waals surface area contributed by atoms with Gasteiger partial charge in [-0.25, -0.2) is 8.42 Å². The molecular formula is C13H17N3O4S. The van der Waals surface area contributed by atoms with Gasteiger partial charge in [-0.15, -0.1) is 0 Å². The molecule has 1 aliphatic rings. The monoisotopic (exact) mass is 311 g/mol. The van der Waals surface area contributed by atoms with Gasteiger partial charge in [0.15, 0.2) is 5.84 Å². The number of nitrogens with two attached hydrogens (primary N) is 1. The number of carbonyl (C=O) groups excluding carboxylic acids is 1. The highest BCUT2D eigenvalue weighted by molar-refractivity contribution is 7.91. The van der Waals surface area contributed by atoms with Gasteiger partial charge in [0.2, 0.25) is 0 Å². The Kier molecular flexibility index (Phi) is 4.46. The normalized spacial score (nSPS) is 19.1. The van der Waals surface area contributed by atoms with Crippen LogP contribution in [-0.2, 0) is 9.84 Å². The smallest absolute Gasteiger partial charge is 0.251 e. The molecule has 8 heteroatoms. The fourth-order valence-corrected chi connectivity index (χ4v) is 3.64. The third-order valence-corrected chi connectivity index (χ3v) is 5.16. The first-order chi connectivity index (χ1) is 9.91. The summed E-state index contributed by atoms with van der Waals surface area (Å²) < 4.78 is 22.7. The number of carbonyl (C=O) groups is 1. The third kappa shape index (κ3) is 3.94. The van der Waals surface area contributed by atoms with Crippen molar-refractivity contribution in [2.75, 3.05) is 11.5 Å². The first-order valence-electron chi connectivity index (χ1n) is 6.50. The number of amides is 1. The van der Waals surface area contributed by atoms with Crippen LogP contribution in [0.5, 0.6) is 0 Å². The predicted molar refractivity (Wildman–Crippen MR) is 78.1 cm³/mol. The molecule has 1 amide bonds. The van der Waals surface area contributed by atoms with E-state index in [1.165, 1.54) is 0 Å². The number of rotatable bonds is 3. The maximum Gasteiger partial charge on any atom is 0.251 e. The molecule has 4 N–H and O–H groups in total. The number of amidine groups is 1. The summed E-state index contributed by atoms with van der Waals surface area (Å²) in [7, 11) is -2.94. The van der Waals surface area contributed by atoms with Gasteiger partial charge in [0.05, 0.1) is 11.5 Å². The predicted octanol–water partition coefficient (Wildman–Crippen LogP) is 0.0881. The lowest BCUT2D eigenvalue weighted by molar-refractivity contribution is 0.0934. The van der Waals surface area contributed by atoms with Crippen LogP contribution in [0.1, 0.15) is 28.8 Å². The van der Waals surface area contributed by atoms with Gasteiger partial charge in [0, 0.05) is 17.2 Å². The second kappa shape index (κ2) is 6.13. The molecule has 2 rings (SSSR count). The molecule has 0 bridgehead atoms. The minimum absolute atomic E-state index is 0.0283. The van der Waals surface area contributed by atoms with Gasteiger partial charge in [-0.1, -0.05) is 17.3 Å². The van der Waals surface area contributed by atoms with Gasteiger partial charge in [-0.2, -0.15) is 0 Å². The Bertz CT molecular complexity index is 638. The minimum atomic E-state index is -2.94. The van der Waals surface area contributed by atoms with Crippen molar-refractivity contribution in [3.05, 3.63) is 35.4 Å². The number of sulfone groups is 1. The SMILES string of the molecule is N/C(=N\O)c1ccc(C(=O)NC2CCS(=O)(=O)CC2)cc1. The molecule has 0 spiro atoms. The van der Waals surface area contributed by atoms with Gasteiger partial charge >= 0.3 is 0 Å². The molecule has 1 aromatic carbocycles. The summed E-state index contributed by atoms with van der Waals surface area (Å²) in [6, 6.07) is 6.18. The quantitative estimate of drug-likeness (QED) is 0.316. The van der Waals surface area contributed by atoms with Crippen molar-refractivity contribution < 1.29 is 18.4 Å². The lowest BCUT2D eigenvalue weighted by Gasteiger charge is -2.23. The van der Waals surface area contributed by atoms with Gasteiger partial charge in [0.25, 0.3) is 5.91 Å². The zero-order valence-electron chi connectivity index (χ0n) is 11.3. The van der Waals surface area contributed by atoms with E-state index < -0.39 is 9.84 Å². The summed E-state index contributed by atoms with van der Waals surface area (Å²) in [5.74, 6) is -0.0642. The Hall–Kier alpha value is -2.09. The van der Waals surface area contributed by atoms with Crippen molar-refractivity contribution >= 4 is 21.6 Å². The molecule has 1 saturated heterocycles. The summed E-state index contributed by atoms with van der Waals surface area (Å²) in [6.07, 6.45) is 0.881. The number of nitrogens with zero attached hydrogens (tertiary/aromatic N) is 1. The Morgan fingerprint density at radius 3 is 2.24 bits per heavy atom. The zero-order chi connectivity index (χ0) is 15.5. The summed E-state index contributed by atoms with van der Waals surface area (Å²) in [5.41, 5.74) is 6.39. The van der Waals surface area contributed by atoms with E-state index in [9.17, 15) is 13.2 Å². The summed E-state index contributed by atoms with van der Waals surface area (Å²) in [5, 5.41) is 14.3. The van der Waals surface area contributed by atoms with E-state index in [-0.39, 0.29) is 29.3 Å². The molecule has 1 aliphatic heterocycles. The van der Waals surface area contributed by atoms with Crippen LogP contribution in [0.2, 0.25) is 0 Å². The molecule has 21 heavy (non-hydrogen) atoms. The van der Waals surface area contributed by atoms with Crippen molar-refractivity contribution in [3.8, 4) is 0 Å². The number of oxime groups is 1.